The number of hydrogen-bond acceptors (Lipinski definition) is 4. The highest BCUT2D eigenvalue weighted by Crippen LogP contribution is 2.31. The summed E-state index contributed by atoms with van der Waals surface area (Å²) in [7, 11) is 0. The van der Waals surface area contributed by atoms with Crippen LogP contribution in [-0.4, -0.2) is 45.8 Å². The van der Waals surface area contributed by atoms with Gasteiger partial charge in [0.25, 0.3) is 5.91 Å². The number of aryl methyl sites for hydroxylation is 2. The molecule has 2 heterocycles. The molecule has 2 unspecified atom stereocenters. The number of oxazole rings is 1. The Kier molecular flexibility index (Phi) is 4.27. The lowest BCUT2D eigenvalue weighted by atomic mass is 9.96. The van der Waals surface area contributed by atoms with Crippen LogP contribution in [0.4, 0.5) is 13.2 Å². The van der Waals surface area contributed by atoms with Gasteiger partial charge < -0.3 is 14.4 Å². The summed E-state index contributed by atoms with van der Waals surface area (Å²) in [5, 5.41) is 9.49. The summed E-state index contributed by atoms with van der Waals surface area (Å²) in [4.78, 5) is 17.4. The number of carbonyl (C=O) groups excluding carboxylic acids is 1. The molecular formula is C13H17F3N2O3. The highest BCUT2D eigenvalue weighted by Gasteiger charge is 2.47. The molecule has 0 bridgehead atoms. The van der Waals surface area contributed by atoms with Gasteiger partial charge in [-0.15, -0.1) is 0 Å². The van der Waals surface area contributed by atoms with Gasteiger partial charge in [0.15, 0.2) is 17.7 Å². The van der Waals surface area contributed by atoms with Crippen molar-refractivity contribution < 1.29 is 27.5 Å². The van der Waals surface area contributed by atoms with Crippen LogP contribution >= 0.6 is 0 Å². The minimum absolute atomic E-state index is 0.00812. The Morgan fingerprint density at radius 1 is 1.43 bits per heavy atom. The van der Waals surface area contributed by atoms with Gasteiger partial charge in [0.1, 0.15) is 5.76 Å². The van der Waals surface area contributed by atoms with E-state index in [0.29, 0.717) is 12.8 Å². The molecule has 2 rings (SSSR count). The Balaban J connectivity index is 2.26. The van der Waals surface area contributed by atoms with Crippen LogP contribution in [0.3, 0.4) is 0 Å². The average molecular weight is 306 g/mol. The number of halogens is 3. The van der Waals surface area contributed by atoms with E-state index in [2.05, 4.69) is 4.98 Å². The van der Waals surface area contributed by atoms with E-state index >= 15 is 0 Å². The molecule has 118 valence electrons. The van der Waals surface area contributed by atoms with Crippen molar-refractivity contribution in [2.75, 3.05) is 6.54 Å². The first-order valence-electron chi connectivity index (χ1n) is 6.71. The number of rotatable bonds is 2. The van der Waals surface area contributed by atoms with Crippen LogP contribution in [0, 0.1) is 13.8 Å². The first kappa shape index (κ1) is 15.8. The molecule has 1 aliphatic rings. The fraction of sp³-hybridized carbons (Fsp3) is 0.692. The normalized spacial score (nSPS) is 21.4. The molecule has 0 spiro atoms. The fourth-order valence-corrected chi connectivity index (χ4v) is 2.62. The molecular weight excluding hydrogens is 289 g/mol. The average Bonchev–Trinajstić information content (AvgIpc) is 2.75. The molecule has 2 atom stereocenters. The predicted molar refractivity (Wildman–Crippen MR) is 66.7 cm³/mol. The lowest BCUT2D eigenvalue weighted by molar-refractivity contribution is -0.221. The van der Waals surface area contributed by atoms with Crippen LogP contribution in [0.5, 0.6) is 0 Å². The number of aromatic nitrogens is 1. The number of likely N-dealkylation sites (tertiary alicyclic amines) is 1. The third-order valence-corrected chi connectivity index (χ3v) is 3.62. The molecule has 1 N–H and O–H groups in total. The van der Waals surface area contributed by atoms with Crippen molar-refractivity contribution in [3.63, 3.8) is 0 Å². The molecule has 1 amide bonds. The SMILES string of the molecule is Cc1nc(C(=O)N2CCCCC2C(O)C(F)(F)F)c(C)o1. The predicted octanol–water partition coefficient (Wildman–Crippen LogP) is 2.21. The Morgan fingerprint density at radius 2 is 2.10 bits per heavy atom. The van der Waals surface area contributed by atoms with Gasteiger partial charge in [0.05, 0.1) is 6.04 Å². The summed E-state index contributed by atoms with van der Waals surface area (Å²) >= 11 is 0. The van der Waals surface area contributed by atoms with Crippen molar-refractivity contribution in [3.05, 3.63) is 17.3 Å². The molecule has 1 aliphatic heterocycles. The summed E-state index contributed by atoms with van der Waals surface area (Å²) in [6, 6.07) is -1.28. The molecule has 1 aromatic heterocycles. The van der Waals surface area contributed by atoms with Crippen LogP contribution in [0.1, 0.15) is 41.4 Å². The first-order chi connectivity index (χ1) is 9.71. The maximum Gasteiger partial charge on any atom is 0.416 e. The monoisotopic (exact) mass is 306 g/mol. The van der Waals surface area contributed by atoms with Crippen molar-refractivity contribution in [1.29, 1.82) is 0 Å². The van der Waals surface area contributed by atoms with Crippen LogP contribution < -0.4 is 0 Å². The molecule has 0 aliphatic carbocycles. The number of carbonyl (C=O) groups is 1. The molecule has 0 saturated carbocycles. The molecule has 0 aromatic carbocycles. The topological polar surface area (TPSA) is 66.6 Å². The molecule has 1 aromatic rings. The Hall–Kier alpha value is -1.57. The second-order valence-corrected chi connectivity index (χ2v) is 5.19. The third kappa shape index (κ3) is 3.20. The van der Waals surface area contributed by atoms with Gasteiger partial charge in [-0.1, -0.05) is 0 Å². The zero-order chi connectivity index (χ0) is 15.8. The van der Waals surface area contributed by atoms with Crippen LogP contribution in [0.15, 0.2) is 4.42 Å². The van der Waals surface area contributed by atoms with Crippen LogP contribution in [-0.2, 0) is 0 Å². The summed E-state index contributed by atoms with van der Waals surface area (Å²) in [6.45, 7) is 3.26. The van der Waals surface area contributed by atoms with E-state index in [9.17, 15) is 23.1 Å². The van der Waals surface area contributed by atoms with Gasteiger partial charge in [-0.3, -0.25) is 4.79 Å². The van der Waals surface area contributed by atoms with E-state index in [1.165, 1.54) is 6.92 Å². The van der Waals surface area contributed by atoms with Gasteiger partial charge in [-0.2, -0.15) is 13.2 Å². The van der Waals surface area contributed by atoms with E-state index in [0.717, 1.165) is 4.90 Å². The van der Waals surface area contributed by atoms with E-state index in [-0.39, 0.29) is 30.3 Å². The molecule has 1 saturated heterocycles. The number of nitrogens with zero attached hydrogens (tertiary/aromatic N) is 2. The van der Waals surface area contributed by atoms with Crippen LogP contribution in [0.2, 0.25) is 0 Å². The van der Waals surface area contributed by atoms with Crippen molar-refractivity contribution in [2.24, 2.45) is 0 Å². The first-order valence-corrected chi connectivity index (χ1v) is 6.71. The minimum Gasteiger partial charge on any atom is -0.445 e. The Labute approximate surface area is 119 Å². The lowest BCUT2D eigenvalue weighted by Gasteiger charge is -2.38. The molecule has 8 heteroatoms. The molecule has 0 radical (unpaired) electrons. The zero-order valence-electron chi connectivity index (χ0n) is 11.8. The summed E-state index contributed by atoms with van der Waals surface area (Å²) in [5.74, 6) is -0.0820. The van der Waals surface area contributed by atoms with Crippen molar-refractivity contribution >= 4 is 5.91 Å². The maximum atomic E-state index is 12.7. The van der Waals surface area contributed by atoms with E-state index in [1.807, 2.05) is 0 Å². The number of piperidine rings is 1. The number of aliphatic hydroxyl groups excluding tert-OH is 1. The van der Waals surface area contributed by atoms with Gasteiger partial charge in [0, 0.05) is 13.5 Å². The number of alkyl halides is 3. The van der Waals surface area contributed by atoms with Gasteiger partial charge in [0.2, 0.25) is 0 Å². The number of aliphatic hydroxyl groups is 1. The van der Waals surface area contributed by atoms with E-state index in [4.69, 9.17) is 4.42 Å². The quantitative estimate of drug-likeness (QED) is 0.909. The number of amides is 1. The van der Waals surface area contributed by atoms with E-state index < -0.39 is 24.2 Å². The highest BCUT2D eigenvalue weighted by molar-refractivity contribution is 5.93. The molecule has 1 fully saturated rings. The zero-order valence-corrected chi connectivity index (χ0v) is 11.8. The minimum atomic E-state index is -4.75. The third-order valence-electron chi connectivity index (χ3n) is 3.62. The summed E-state index contributed by atoms with van der Waals surface area (Å²) in [6.07, 6.45) is -6.05. The Morgan fingerprint density at radius 3 is 2.62 bits per heavy atom. The van der Waals surface area contributed by atoms with Gasteiger partial charge in [-0.25, -0.2) is 4.98 Å². The fourth-order valence-electron chi connectivity index (χ4n) is 2.62. The largest absolute Gasteiger partial charge is 0.445 e. The standard InChI is InChI=1S/C13H17F3N2O3/c1-7-10(17-8(2)21-7)12(20)18-6-4-3-5-9(18)11(19)13(14,15)16/h9,11,19H,3-6H2,1-2H3. The second kappa shape index (κ2) is 5.67. The summed E-state index contributed by atoms with van der Waals surface area (Å²) in [5.41, 5.74) is 0.00812. The highest BCUT2D eigenvalue weighted by atomic mass is 19.4. The van der Waals surface area contributed by atoms with Crippen molar-refractivity contribution in [3.8, 4) is 0 Å². The van der Waals surface area contributed by atoms with Crippen molar-refractivity contribution in [2.45, 2.75) is 51.4 Å². The molecule has 21 heavy (non-hydrogen) atoms. The summed E-state index contributed by atoms with van der Waals surface area (Å²) < 4.78 is 43.3. The molecule has 5 nitrogen and oxygen atoms in total. The Bertz CT molecular complexity index is 527. The smallest absolute Gasteiger partial charge is 0.416 e. The lowest BCUT2D eigenvalue weighted by Crippen LogP contribution is -2.54. The van der Waals surface area contributed by atoms with Gasteiger partial charge in [-0.05, 0) is 26.2 Å². The second-order valence-electron chi connectivity index (χ2n) is 5.19. The van der Waals surface area contributed by atoms with Crippen molar-refractivity contribution in [1.82, 2.24) is 9.88 Å². The van der Waals surface area contributed by atoms with Crippen LogP contribution in [0.25, 0.3) is 0 Å². The maximum absolute atomic E-state index is 12.7. The number of hydrogen-bond donors (Lipinski definition) is 1. The van der Waals surface area contributed by atoms with E-state index in [1.54, 1.807) is 6.92 Å². The van der Waals surface area contributed by atoms with Gasteiger partial charge >= 0.3 is 6.18 Å².